The van der Waals surface area contributed by atoms with E-state index in [1.165, 1.54) is 28.5 Å². The van der Waals surface area contributed by atoms with Gasteiger partial charge in [-0.25, -0.2) is 19.2 Å². The van der Waals surface area contributed by atoms with Crippen LogP contribution < -0.4 is 5.69 Å². The van der Waals surface area contributed by atoms with Crippen molar-refractivity contribution < 1.29 is 8.82 Å². The van der Waals surface area contributed by atoms with Crippen molar-refractivity contribution in [2.75, 3.05) is 12.9 Å². The van der Waals surface area contributed by atoms with E-state index in [1.54, 1.807) is 30.6 Å². The summed E-state index contributed by atoms with van der Waals surface area (Å²) in [6.45, 7) is 10.9. The summed E-state index contributed by atoms with van der Waals surface area (Å²) in [5, 5.41) is 0.602. The van der Waals surface area contributed by atoms with Gasteiger partial charge in [0, 0.05) is 12.4 Å². The fraction of sp³-hybridized carbons (Fsp3) is 0.391. The van der Waals surface area contributed by atoms with Gasteiger partial charge in [-0.1, -0.05) is 50.2 Å². The summed E-state index contributed by atoms with van der Waals surface area (Å²) < 4.78 is 22.2. The molecule has 0 aliphatic heterocycles. The molecule has 33 heavy (non-hydrogen) atoms. The lowest BCUT2D eigenvalue weighted by Crippen LogP contribution is -2.43. The van der Waals surface area contributed by atoms with E-state index in [2.05, 4.69) is 48.8 Å². The molecule has 6 nitrogen and oxygen atoms in total. The van der Waals surface area contributed by atoms with Gasteiger partial charge < -0.3 is 4.43 Å². The Morgan fingerprint density at radius 1 is 1.18 bits per heavy atom. The molecule has 10 heteroatoms. The fourth-order valence-electron chi connectivity index (χ4n) is 2.93. The normalized spacial score (nSPS) is 13.2. The molecule has 0 N–H and O–H groups in total. The van der Waals surface area contributed by atoms with E-state index >= 15 is 0 Å². The number of nitrogens with zero attached hydrogens (tertiary/aromatic N) is 4. The summed E-state index contributed by atoms with van der Waals surface area (Å²) in [6.07, 6.45) is 5.16. The van der Waals surface area contributed by atoms with Crippen molar-refractivity contribution in [1.82, 2.24) is 19.5 Å². The van der Waals surface area contributed by atoms with Gasteiger partial charge >= 0.3 is 5.69 Å². The zero-order valence-electron chi connectivity index (χ0n) is 19.6. The first kappa shape index (κ1) is 25.5. The van der Waals surface area contributed by atoms with Gasteiger partial charge in [0.15, 0.2) is 13.5 Å². The van der Waals surface area contributed by atoms with Crippen LogP contribution in [0.5, 0.6) is 0 Å². The fourth-order valence-corrected chi connectivity index (χ4v) is 4.42. The Hall–Kier alpha value is -2.07. The Balaban J connectivity index is 2.02. The zero-order valence-corrected chi connectivity index (χ0v) is 22.2. The lowest BCUT2D eigenvalue weighted by atomic mass is 10.1. The Morgan fingerprint density at radius 3 is 2.48 bits per heavy atom. The number of benzene rings is 1. The Bertz CT molecular complexity index is 1200. The molecule has 2 heterocycles. The van der Waals surface area contributed by atoms with Crippen molar-refractivity contribution in [2.24, 2.45) is 0 Å². The minimum Gasteiger partial charge on any atom is -0.414 e. The van der Waals surface area contributed by atoms with Crippen molar-refractivity contribution in [3.8, 4) is 11.4 Å². The summed E-state index contributed by atoms with van der Waals surface area (Å²) in [7, 11) is -2.12. The Kier molecular flexibility index (Phi) is 7.78. The van der Waals surface area contributed by atoms with Crippen LogP contribution in [0, 0.1) is 5.82 Å². The van der Waals surface area contributed by atoms with E-state index in [0.717, 1.165) is 0 Å². The average Bonchev–Trinajstić information content (AvgIpc) is 2.76. The van der Waals surface area contributed by atoms with Crippen molar-refractivity contribution >= 4 is 31.7 Å². The third kappa shape index (κ3) is 5.89. The highest BCUT2D eigenvalue weighted by Gasteiger charge is 2.38. The molecule has 0 radical (unpaired) electrons. The highest BCUT2D eigenvalue weighted by atomic mass is 35.5. The lowest BCUT2D eigenvalue weighted by Gasteiger charge is -2.37. The van der Waals surface area contributed by atoms with Crippen molar-refractivity contribution in [3.63, 3.8) is 0 Å². The average molecular weight is 507 g/mol. The third-order valence-corrected chi connectivity index (χ3v) is 11.4. The number of hydrogen-bond acceptors (Lipinski definition) is 6. The minimum atomic E-state index is -2.12. The second-order valence-corrected chi connectivity index (χ2v) is 15.2. The van der Waals surface area contributed by atoms with Crippen LogP contribution in [0.1, 0.15) is 32.4 Å². The van der Waals surface area contributed by atoms with Gasteiger partial charge in [-0.2, -0.15) is 4.98 Å². The summed E-state index contributed by atoms with van der Waals surface area (Å²) in [5.41, 5.74) is 1.11. The predicted molar refractivity (Wildman–Crippen MR) is 134 cm³/mol. The van der Waals surface area contributed by atoms with Crippen LogP contribution in [0.25, 0.3) is 11.4 Å². The van der Waals surface area contributed by atoms with Crippen LogP contribution in [0.4, 0.5) is 4.39 Å². The first-order chi connectivity index (χ1) is 15.4. The van der Waals surface area contributed by atoms with E-state index in [-0.39, 0.29) is 16.7 Å². The predicted octanol–water partition coefficient (Wildman–Crippen LogP) is 5.83. The summed E-state index contributed by atoms with van der Waals surface area (Å²) >= 11 is 7.30. The molecular weight excluding hydrogens is 479 g/mol. The first-order valence-electron chi connectivity index (χ1n) is 10.5. The molecule has 1 unspecified atom stereocenters. The topological polar surface area (TPSA) is 69.9 Å². The van der Waals surface area contributed by atoms with Crippen LogP contribution in [0.15, 0.2) is 52.7 Å². The van der Waals surface area contributed by atoms with E-state index in [9.17, 15) is 9.18 Å². The second kappa shape index (κ2) is 10.0. The minimum absolute atomic E-state index is 0.0160. The van der Waals surface area contributed by atoms with Gasteiger partial charge in [0.2, 0.25) is 0 Å². The first-order valence-corrected chi connectivity index (χ1v) is 15.0. The van der Waals surface area contributed by atoms with Crippen molar-refractivity contribution in [3.05, 3.63) is 69.6 Å². The Morgan fingerprint density at radius 2 is 1.88 bits per heavy atom. The summed E-state index contributed by atoms with van der Waals surface area (Å²) in [4.78, 5) is 25.9. The van der Waals surface area contributed by atoms with E-state index in [0.29, 0.717) is 22.1 Å². The van der Waals surface area contributed by atoms with Crippen LogP contribution in [0.3, 0.4) is 0 Å². The molecule has 0 saturated carbocycles. The standard InChI is InChI=1S/C23H28ClFN4O2SSi/c1-23(2,3)33(5,6)31-14-20(15-7-8-16(24)17(25)13-15)29-12-10-19(28-22(29)30)18-9-11-26-21(27-18)32-4/h7-13,20H,14H2,1-6H3. The van der Waals surface area contributed by atoms with Crippen LogP contribution in [0.2, 0.25) is 23.2 Å². The van der Waals surface area contributed by atoms with Crippen molar-refractivity contribution in [2.45, 2.75) is 50.1 Å². The molecule has 3 aromatic rings. The lowest BCUT2D eigenvalue weighted by molar-refractivity contribution is 0.245. The molecule has 3 rings (SSSR count). The largest absolute Gasteiger partial charge is 0.414 e. The molecular formula is C23H28ClFN4O2SSi. The number of rotatable bonds is 7. The molecule has 176 valence electrons. The summed E-state index contributed by atoms with van der Waals surface area (Å²) in [5.74, 6) is -0.547. The van der Waals surface area contributed by atoms with Gasteiger partial charge in [-0.05, 0) is 54.2 Å². The van der Waals surface area contributed by atoms with Crippen molar-refractivity contribution in [1.29, 1.82) is 0 Å². The van der Waals surface area contributed by atoms with E-state index in [4.69, 9.17) is 16.0 Å². The van der Waals surface area contributed by atoms with Crippen LogP contribution in [-0.4, -0.2) is 40.7 Å². The van der Waals surface area contributed by atoms with Crippen LogP contribution in [-0.2, 0) is 4.43 Å². The van der Waals surface area contributed by atoms with Gasteiger partial charge in [0.1, 0.15) is 5.82 Å². The summed E-state index contributed by atoms with van der Waals surface area (Å²) in [6, 6.07) is 7.41. The smallest absolute Gasteiger partial charge is 0.348 e. The van der Waals surface area contributed by atoms with Gasteiger partial charge in [-0.15, -0.1) is 0 Å². The maximum Gasteiger partial charge on any atom is 0.348 e. The zero-order chi connectivity index (χ0) is 24.4. The van der Waals surface area contributed by atoms with Gasteiger partial charge in [0.25, 0.3) is 0 Å². The molecule has 0 bridgehead atoms. The molecule has 0 saturated heterocycles. The maximum atomic E-state index is 14.3. The van der Waals surface area contributed by atoms with Crippen LogP contribution >= 0.6 is 23.4 Å². The molecule has 2 aromatic heterocycles. The monoisotopic (exact) mass is 506 g/mol. The highest BCUT2D eigenvalue weighted by Crippen LogP contribution is 2.37. The maximum absolute atomic E-state index is 14.3. The SMILES string of the molecule is CSc1nccc(-c2ccn(C(CO[Si](C)(C)C(C)(C)C)c3ccc(Cl)c(F)c3)c(=O)n2)n1. The van der Waals surface area contributed by atoms with E-state index in [1.807, 2.05) is 6.26 Å². The highest BCUT2D eigenvalue weighted by molar-refractivity contribution is 7.98. The van der Waals surface area contributed by atoms with E-state index < -0.39 is 25.9 Å². The molecule has 1 atom stereocenters. The number of hydrogen-bond donors (Lipinski definition) is 0. The Labute approximate surface area is 203 Å². The number of halogens is 2. The number of thioether (sulfide) groups is 1. The molecule has 1 aromatic carbocycles. The quantitative estimate of drug-likeness (QED) is 0.228. The molecule has 0 aliphatic carbocycles. The molecule has 0 fully saturated rings. The molecule has 0 aliphatic rings. The number of aromatic nitrogens is 4. The second-order valence-electron chi connectivity index (χ2n) is 9.19. The molecule has 0 spiro atoms. The van der Waals surface area contributed by atoms with Gasteiger partial charge in [-0.3, -0.25) is 4.57 Å². The third-order valence-electron chi connectivity index (χ3n) is 5.98. The van der Waals surface area contributed by atoms with Gasteiger partial charge in [0.05, 0.1) is 29.1 Å². The molecule has 0 amide bonds.